The zero-order chi connectivity index (χ0) is 13.9. The number of rotatable bonds is 2. The molecule has 2 heterocycles. The Morgan fingerprint density at radius 3 is 2.95 bits per heavy atom. The molecule has 5 heteroatoms. The molecule has 106 valence electrons. The first-order valence-electron chi connectivity index (χ1n) is 7.15. The molecule has 0 saturated carbocycles. The Hall–Kier alpha value is -1.88. The summed E-state index contributed by atoms with van der Waals surface area (Å²) in [6, 6.07) is 5.32. The molecule has 1 aromatic carbocycles. The zero-order valence-electron chi connectivity index (χ0n) is 11.4. The number of hydrogen-bond acceptors (Lipinski definition) is 3. The van der Waals surface area contributed by atoms with Gasteiger partial charge in [-0.1, -0.05) is 6.07 Å². The normalized spacial score (nSPS) is 21.8. The van der Waals surface area contributed by atoms with Crippen LogP contribution in [0.15, 0.2) is 18.2 Å². The van der Waals surface area contributed by atoms with Crippen molar-refractivity contribution in [2.24, 2.45) is 0 Å². The molecule has 3 rings (SSSR count). The Morgan fingerprint density at radius 2 is 2.05 bits per heavy atom. The molecule has 0 spiro atoms. The van der Waals surface area contributed by atoms with Crippen LogP contribution in [0.5, 0.6) is 0 Å². The van der Waals surface area contributed by atoms with Gasteiger partial charge in [0.05, 0.1) is 0 Å². The van der Waals surface area contributed by atoms with E-state index in [1.54, 1.807) is 0 Å². The van der Waals surface area contributed by atoms with Crippen LogP contribution in [0.4, 0.5) is 0 Å². The van der Waals surface area contributed by atoms with Crippen molar-refractivity contribution in [2.45, 2.75) is 38.4 Å². The van der Waals surface area contributed by atoms with Gasteiger partial charge in [-0.15, -0.1) is 0 Å². The van der Waals surface area contributed by atoms with E-state index in [9.17, 15) is 9.59 Å². The molecule has 0 radical (unpaired) electrons. The molecule has 2 amide bonds. The number of fused-ring (bicyclic) bond motifs is 1. The van der Waals surface area contributed by atoms with Crippen LogP contribution in [-0.4, -0.2) is 24.4 Å². The van der Waals surface area contributed by atoms with Crippen LogP contribution in [0, 0.1) is 0 Å². The van der Waals surface area contributed by atoms with Crippen molar-refractivity contribution >= 4 is 11.8 Å². The van der Waals surface area contributed by atoms with E-state index in [4.69, 9.17) is 0 Å². The number of carbonyl (C=O) groups excluding carboxylic acids is 2. The lowest BCUT2D eigenvalue weighted by molar-refractivity contribution is -0.122. The molecule has 5 nitrogen and oxygen atoms in total. The topological polar surface area (TPSA) is 70.2 Å². The van der Waals surface area contributed by atoms with Crippen molar-refractivity contribution < 1.29 is 9.59 Å². The first kappa shape index (κ1) is 13.1. The van der Waals surface area contributed by atoms with Gasteiger partial charge < -0.3 is 16.0 Å². The molecular weight excluding hydrogens is 254 g/mol. The van der Waals surface area contributed by atoms with Gasteiger partial charge in [-0.25, -0.2) is 0 Å². The molecule has 1 atom stereocenters. The maximum atomic E-state index is 12.3. The van der Waals surface area contributed by atoms with E-state index in [1.165, 1.54) is 11.1 Å². The molecule has 2 aliphatic heterocycles. The molecule has 20 heavy (non-hydrogen) atoms. The lowest BCUT2D eigenvalue weighted by Crippen LogP contribution is -2.45. The van der Waals surface area contributed by atoms with Crippen LogP contribution in [-0.2, 0) is 17.9 Å². The quantitative estimate of drug-likeness (QED) is 0.742. The molecule has 0 aliphatic carbocycles. The summed E-state index contributed by atoms with van der Waals surface area (Å²) in [6.07, 6.45) is 2.64. The fraction of sp³-hybridized carbons (Fsp3) is 0.467. The Kier molecular flexibility index (Phi) is 3.69. The van der Waals surface area contributed by atoms with Crippen LogP contribution in [0.25, 0.3) is 0 Å². The summed E-state index contributed by atoms with van der Waals surface area (Å²) in [5.41, 5.74) is 3.04. The third-order valence-corrected chi connectivity index (χ3v) is 3.94. The summed E-state index contributed by atoms with van der Waals surface area (Å²) in [6.45, 7) is 2.37. The zero-order valence-corrected chi connectivity index (χ0v) is 11.4. The lowest BCUT2D eigenvalue weighted by atomic mass is 10.0. The maximum absolute atomic E-state index is 12.3. The highest BCUT2D eigenvalue weighted by Gasteiger charge is 2.23. The summed E-state index contributed by atoms with van der Waals surface area (Å²) < 4.78 is 0. The summed E-state index contributed by atoms with van der Waals surface area (Å²) >= 11 is 0. The van der Waals surface area contributed by atoms with Gasteiger partial charge in [-0.2, -0.15) is 0 Å². The van der Waals surface area contributed by atoms with Crippen molar-refractivity contribution in [3.8, 4) is 0 Å². The summed E-state index contributed by atoms with van der Waals surface area (Å²) in [5, 5.41) is 8.93. The van der Waals surface area contributed by atoms with Crippen molar-refractivity contribution in [3.05, 3.63) is 34.9 Å². The smallest absolute Gasteiger partial charge is 0.251 e. The molecule has 1 fully saturated rings. The molecule has 1 aromatic rings. The number of hydrogen-bond donors (Lipinski definition) is 3. The van der Waals surface area contributed by atoms with E-state index in [2.05, 4.69) is 16.0 Å². The number of amides is 2. The highest BCUT2D eigenvalue weighted by molar-refractivity contribution is 5.97. The van der Waals surface area contributed by atoms with E-state index in [0.717, 1.165) is 25.9 Å². The second-order valence-corrected chi connectivity index (χ2v) is 5.40. The molecule has 2 aliphatic rings. The second-order valence-electron chi connectivity index (χ2n) is 5.40. The lowest BCUT2D eigenvalue weighted by Gasteiger charge is -2.15. The standard InChI is InChI=1S/C15H19N3O2/c19-14(18-13-3-1-2-6-17-15(13)20)10-4-5-11-8-16-9-12(11)7-10/h4-5,7,13,16H,1-3,6,8-9H2,(H,17,20)(H,18,19). The Labute approximate surface area is 118 Å². The van der Waals surface area contributed by atoms with E-state index in [1.807, 2.05) is 18.2 Å². The average molecular weight is 273 g/mol. The maximum Gasteiger partial charge on any atom is 0.251 e. The number of nitrogens with one attached hydrogen (secondary N) is 3. The molecule has 1 unspecified atom stereocenters. The Morgan fingerprint density at radius 1 is 1.20 bits per heavy atom. The first-order valence-corrected chi connectivity index (χ1v) is 7.15. The Balaban J connectivity index is 1.71. The summed E-state index contributed by atoms with van der Waals surface area (Å²) in [7, 11) is 0. The molecular formula is C15H19N3O2. The number of carbonyl (C=O) groups is 2. The fourth-order valence-electron chi connectivity index (χ4n) is 2.75. The van der Waals surface area contributed by atoms with Crippen molar-refractivity contribution in [1.82, 2.24) is 16.0 Å². The SMILES string of the molecule is O=C(NC1CCCCNC1=O)c1ccc2c(c1)CNC2. The van der Waals surface area contributed by atoms with Gasteiger partial charge in [0.2, 0.25) is 5.91 Å². The van der Waals surface area contributed by atoms with Crippen LogP contribution in [0.3, 0.4) is 0 Å². The van der Waals surface area contributed by atoms with Gasteiger partial charge in [-0.3, -0.25) is 9.59 Å². The summed E-state index contributed by atoms with van der Waals surface area (Å²) in [4.78, 5) is 24.1. The highest BCUT2D eigenvalue weighted by Crippen LogP contribution is 2.17. The molecule has 0 bridgehead atoms. The van der Waals surface area contributed by atoms with E-state index in [-0.39, 0.29) is 11.8 Å². The predicted octanol–water partition coefficient (Wildman–Crippen LogP) is 0.688. The van der Waals surface area contributed by atoms with Gasteiger partial charge in [-0.05, 0) is 42.5 Å². The minimum atomic E-state index is -0.406. The van der Waals surface area contributed by atoms with Crippen LogP contribution in [0.1, 0.15) is 40.7 Å². The predicted molar refractivity (Wildman–Crippen MR) is 75.1 cm³/mol. The van der Waals surface area contributed by atoms with Gasteiger partial charge >= 0.3 is 0 Å². The first-order chi connectivity index (χ1) is 9.74. The van der Waals surface area contributed by atoms with E-state index in [0.29, 0.717) is 18.5 Å². The van der Waals surface area contributed by atoms with Crippen molar-refractivity contribution in [2.75, 3.05) is 6.54 Å². The third kappa shape index (κ3) is 2.67. The monoisotopic (exact) mass is 273 g/mol. The average Bonchev–Trinajstić information content (AvgIpc) is 2.83. The van der Waals surface area contributed by atoms with Crippen molar-refractivity contribution in [3.63, 3.8) is 0 Å². The van der Waals surface area contributed by atoms with E-state index < -0.39 is 6.04 Å². The fourth-order valence-corrected chi connectivity index (χ4v) is 2.75. The largest absolute Gasteiger partial charge is 0.354 e. The van der Waals surface area contributed by atoms with Gasteiger partial charge in [0.1, 0.15) is 6.04 Å². The van der Waals surface area contributed by atoms with Crippen LogP contribution >= 0.6 is 0 Å². The van der Waals surface area contributed by atoms with Crippen LogP contribution < -0.4 is 16.0 Å². The molecule has 3 N–H and O–H groups in total. The van der Waals surface area contributed by atoms with Crippen molar-refractivity contribution in [1.29, 1.82) is 0 Å². The highest BCUT2D eigenvalue weighted by atomic mass is 16.2. The van der Waals surface area contributed by atoms with Gasteiger partial charge in [0.15, 0.2) is 0 Å². The van der Waals surface area contributed by atoms with E-state index >= 15 is 0 Å². The number of benzene rings is 1. The minimum absolute atomic E-state index is 0.0707. The summed E-state index contributed by atoms with van der Waals surface area (Å²) in [5.74, 6) is -0.236. The Bertz CT molecular complexity index is 542. The van der Waals surface area contributed by atoms with Gasteiger partial charge in [0.25, 0.3) is 5.91 Å². The minimum Gasteiger partial charge on any atom is -0.354 e. The molecule has 0 aromatic heterocycles. The third-order valence-electron chi connectivity index (χ3n) is 3.94. The second kappa shape index (κ2) is 5.63. The van der Waals surface area contributed by atoms with Crippen LogP contribution in [0.2, 0.25) is 0 Å². The van der Waals surface area contributed by atoms with Gasteiger partial charge in [0, 0.05) is 25.2 Å². The molecule has 1 saturated heterocycles.